The van der Waals surface area contributed by atoms with Crippen molar-refractivity contribution in [3.05, 3.63) is 28.8 Å². The van der Waals surface area contributed by atoms with Gasteiger partial charge in [-0.25, -0.2) is 0 Å². The van der Waals surface area contributed by atoms with Gasteiger partial charge >= 0.3 is 29.6 Å². The maximum absolute atomic E-state index is 5.83. The molecule has 0 amide bonds. The number of benzene rings is 1. The number of alkyl halides is 9. The first-order chi connectivity index (χ1) is 8.24. The Morgan fingerprint density at radius 3 is 1.15 bits per heavy atom. The van der Waals surface area contributed by atoms with Crippen molar-refractivity contribution in [1.82, 2.24) is 0 Å². The van der Waals surface area contributed by atoms with Crippen molar-refractivity contribution >= 4 is 147 Å². The van der Waals surface area contributed by atoms with E-state index in [1.807, 2.05) is 0 Å². The predicted octanol–water partition coefficient (Wildman–Crippen LogP) is 6.81. The average Bonchev–Trinajstić information content (AvgIpc) is 2.11. The summed E-state index contributed by atoms with van der Waals surface area (Å²) in [5.74, 6) is 0. The topological polar surface area (TPSA) is 0 Å². The molecule has 0 fully saturated rings. The van der Waals surface area contributed by atoms with E-state index < -0.39 is 11.4 Å². The van der Waals surface area contributed by atoms with Crippen LogP contribution in [0.2, 0.25) is 0 Å². The van der Waals surface area contributed by atoms with Crippen molar-refractivity contribution in [2.45, 2.75) is 16.3 Å². The van der Waals surface area contributed by atoms with Crippen molar-refractivity contribution in [3.8, 4) is 0 Å². The van der Waals surface area contributed by atoms with Crippen molar-refractivity contribution in [2.24, 2.45) is 0 Å². The van der Waals surface area contributed by atoms with E-state index in [9.17, 15) is 0 Å². The Morgan fingerprint density at radius 1 is 0.650 bits per heavy atom. The van der Waals surface area contributed by atoms with E-state index in [1.165, 1.54) is 12.1 Å². The Balaban J connectivity index is 0.00000361. The first-order valence-electron chi connectivity index (χ1n) is 4.33. The molecule has 0 saturated heterocycles. The molecule has 0 spiro atoms. The van der Waals surface area contributed by atoms with Gasteiger partial charge in [-0.3, -0.25) is 0 Å². The van der Waals surface area contributed by atoms with Crippen LogP contribution in [0.1, 0.15) is 16.7 Å². The Labute approximate surface area is 189 Å². The molecule has 0 nitrogen and oxygen atoms in total. The van der Waals surface area contributed by atoms with Gasteiger partial charge in [-0.05, 0) is 12.1 Å². The third kappa shape index (κ3) is 6.24. The molecule has 0 aromatic heterocycles. The van der Waals surface area contributed by atoms with E-state index >= 15 is 0 Å². The van der Waals surface area contributed by atoms with Gasteiger partial charge in [0.05, 0.1) is 0 Å². The van der Waals surface area contributed by atoms with Gasteiger partial charge < -0.3 is 0 Å². The molecule has 0 heterocycles. The zero-order valence-electron chi connectivity index (χ0n) is 8.50. The first kappa shape index (κ1) is 23.2. The molecule has 0 unspecified atom stereocenters. The normalized spacial score (nSPS) is 13.1. The summed E-state index contributed by atoms with van der Waals surface area (Å²) in [4.78, 5) is 0.193. The monoisotopic (exact) mass is 482 g/mol. The average molecular weight is 486 g/mol. The van der Waals surface area contributed by atoms with E-state index in [4.69, 9.17) is 104 Å². The number of thiol groups is 1. The van der Waals surface area contributed by atoms with Gasteiger partial charge in [-0.2, -0.15) is 0 Å². The third-order valence-corrected chi connectivity index (χ3v) is 4.41. The maximum atomic E-state index is 5.83. The molecule has 1 aromatic rings. The zero-order valence-corrected chi connectivity index (χ0v) is 16.2. The van der Waals surface area contributed by atoms with Gasteiger partial charge in [0.15, 0.2) is 0 Å². The molecule has 0 aliphatic rings. The molecule has 110 valence electrons. The number of hydrogen-bond acceptors (Lipinski definition) is 1. The summed E-state index contributed by atoms with van der Waals surface area (Å²) >= 11 is 56.6. The summed E-state index contributed by atoms with van der Waals surface area (Å²) in [5, 5.41) is 0. The van der Waals surface area contributed by atoms with E-state index in [2.05, 4.69) is 12.6 Å². The van der Waals surface area contributed by atoms with Crippen molar-refractivity contribution < 1.29 is 0 Å². The summed E-state index contributed by atoms with van der Waals surface area (Å²) in [7, 11) is 0. The molecule has 11 heteroatoms. The Kier molecular flexibility index (Phi) is 9.32. The van der Waals surface area contributed by atoms with Gasteiger partial charge in [0.1, 0.15) is 0 Å². The molecule has 1 rings (SSSR count). The first-order valence-corrected chi connectivity index (χ1v) is 8.18. The fourth-order valence-electron chi connectivity index (χ4n) is 1.23. The van der Waals surface area contributed by atoms with E-state index in [1.54, 1.807) is 0 Å². The molecular formula is C9H4Cl9NaS. The van der Waals surface area contributed by atoms with Crippen LogP contribution in [0.15, 0.2) is 17.0 Å². The second-order valence-corrected chi connectivity index (χ2v) is 10.7. The molecule has 0 aliphatic carbocycles. The molecule has 0 radical (unpaired) electrons. The van der Waals surface area contributed by atoms with Gasteiger partial charge in [0.2, 0.25) is 11.4 Å². The Hall–Kier alpha value is 3.18. The van der Waals surface area contributed by atoms with Crippen molar-refractivity contribution in [2.75, 3.05) is 0 Å². The van der Waals surface area contributed by atoms with Gasteiger partial charge in [0.25, 0.3) is 0 Å². The molecule has 0 bridgehead atoms. The molecule has 0 atom stereocenters. The van der Waals surface area contributed by atoms with E-state index in [-0.39, 0.29) is 51.1 Å². The summed E-state index contributed by atoms with van der Waals surface area (Å²) in [6.45, 7) is 0. The molecule has 0 aliphatic heterocycles. The van der Waals surface area contributed by atoms with Crippen LogP contribution in [0, 0.1) is 0 Å². The van der Waals surface area contributed by atoms with Crippen LogP contribution in [-0.2, 0) is 11.4 Å². The minimum absolute atomic E-state index is 0. The van der Waals surface area contributed by atoms with E-state index in [0.717, 1.165) is 0 Å². The Morgan fingerprint density at radius 2 is 0.950 bits per heavy atom. The summed E-state index contributed by atoms with van der Waals surface area (Å²) in [5.41, 5.74) is 0.481. The van der Waals surface area contributed by atoms with Crippen LogP contribution in [0.3, 0.4) is 0 Å². The minimum atomic E-state index is -1.81. The van der Waals surface area contributed by atoms with Crippen LogP contribution < -0.4 is 0 Å². The van der Waals surface area contributed by atoms with Crippen molar-refractivity contribution in [3.63, 3.8) is 0 Å². The summed E-state index contributed by atoms with van der Waals surface area (Å²) in [6, 6.07) is 2.75. The van der Waals surface area contributed by atoms with Crippen LogP contribution in [0.25, 0.3) is 0 Å². The van der Waals surface area contributed by atoms with Gasteiger partial charge in [0, 0.05) is 21.6 Å². The summed E-state index contributed by atoms with van der Waals surface area (Å²) < 4.78 is -5.39. The zero-order chi connectivity index (χ0) is 15.2. The standard InChI is InChI=1S/C9H3Cl9S.Na.H/c10-7(11,12)3-1-4(8(13,14)15)6(19)5(2-3)9(16,17)18;;/h1-2,19H;;. The fourth-order valence-corrected chi connectivity index (χ4v) is 3.31. The quantitative estimate of drug-likeness (QED) is 0.233. The number of hydrogen-bond donors (Lipinski definition) is 1. The molecule has 0 saturated carbocycles. The van der Waals surface area contributed by atoms with Gasteiger partial charge in [-0.1, -0.05) is 104 Å². The van der Waals surface area contributed by atoms with Gasteiger partial charge in [-0.15, -0.1) is 12.6 Å². The van der Waals surface area contributed by atoms with Crippen LogP contribution >= 0.6 is 117 Å². The van der Waals surface area contributed by atoms with Crippen LogP contribution in [0.4, 0.5) is 0 Å². The Bertz CT molecular complexity index is 451. The molecule has 0 N–H and O–H groups in total. The third-order valence-electron chi connectivity index (χ3n) is 2.05. The van der Waals surface area contributed by atoms with Crippen molar-refractivity contribution in [1.29, 1.82) is 0 Å². The predicted molar refractivity (Wildman–Crippen MR) is 98.6 cm³/mol. The molecular weight excluding hydrogens is 482 g/mol. The molecule has 20 heavy (non-hydrogen) atoms. The summed E-state index contributed by atoms with van der Waals surface area (Å²) in [6.07, 6.45) is 0. The second kappa shape index (κ2) is 8.04. The fraction of sp³-hybridized carbons (Fsp3) is 0.333. The van der Waals surface area contributed by atoms with Crippen LogP contribution in [0.5, 0.6) is 0 Å². The number of halogens is 9. The van der Waals surface area contributed by atoms with E-state index in [0.29, 0.717) is 0 Å². The molecule has 1 aromatic carbocycles. The van der Waals surface area contributed by atoms with Crippen LogP contribution in [-0.4, -0.2) is 29.6 Å². The second-order valence-electron chi connectivity index (χ2n) is 3.41. The number of rotatable bonds is 0. The SMILES string of the molecule is Sc1c(C(Cl)(Cl)Cl)cc(C(Cl)(Cl)Cl)cc1C(Cl)(Cl)Cl.[NaH].